The molecule has 2 aromatic carbocycles. The third kappa shape index (κ3) is 1.76. The molecule has 0 bridgehead atoms. The van der Waals surface area contributed by atoms with Crippen LogP contribution in [0.5, 0.6) is 5.75 Å². The highest BCUT2D eigenvalue weighted by atomic mass is 16.5. The zero-order valence-corrected chi connectivity index (χ0v) is 12.5. The summed E-state index contributed by atoms with van der Waals surface area (Å²) in [6.07, 6.45) is 4.03. The number of fused-ring (bicyclic) bond motifs is 2. The Balaban J connectivity index is 1.87. The van der Waals surface area contributed by atoms with Gasteiger partial charge >= 0.3 is 0 Å². The minimum atomic E-state index is -0.153. The van der Waals surface area contributed by atoms with Gasteiger partial charge in [0.25, 0.3) is 11.8 Å². The number of imide groups is 1. The third-order valence-electron chi connectivity index (χ3n) is 4.79. The highest BCUT2D eigenvalue weighted by Crippen LogP contribution is 2.35. The van der Waals surface area contributed by atoms with Crippen molar-refractivity contribution in [2.24, 2.45) is 0 Å². The second kappa shape index (κ2) is 4.83. The number of hydrogen-bond donors (Lipinski definition) is 0. The van der Waals surface area contributed by atoms with Gasteiger partial charge in [-0.1, -0.05) is 25.0 Å². The number of nitrogens with zero attached hydrogens (tertiary/aromatic N) is 1. The topological polar surface area (TPSA) is 46.6 Å². The Bertz CT molecular complexity index is 790. The maximum absolute atomic E-state index is 12.7. The first-order chi connectivity index (χ1) is 10.7. The fourth-order valence-corrected chi connectivity index (χ4v) is 3.67. The molecule has 0 radical (unpaired) electrons. The maximum Gasteiger partial charge on any atom is 0.261 e. The fraction of sp³-hybridized carbons (Fsp3) is 0.333. The van der Waals surface area contributed by atoms with Crippen molar-refractivity contribution >= 4 is 22.6 Å². The summed E-state index contributed by atoms with van der Waals surface area (Å²) in [6.45, 7) is 0. The largest absolute Gasteiger partial charge is 0.496 e. The van der Waals surface area contributed by atoms with Gasteiger partial charge in [-0.25, -0.2) is 0 Å². The van der Waals surface area contributed by atoms with Crippen LogP contribution >= 0.6 is 0 Å². The predicted molar refractivity (Wildman–Crippen MR) is 83.3 cm³/mol. The summed E-state index contributed by atoms with van der Waals surface area (Å²) in [5, 5.41) is 1.80. The van der Waals surface area contributed by atoms with Crippen LogP contribution in [0.1, 0.15) is 46.4 Å². The number of ether oxygens (including phenoxy) is 1. The van der Waals surface area contributed by atoms with Gasteiger partial charge in [0.05, 0.1) is 18.2 Å². The van der Waals surface area contributed by atoms with Crippen LogP contribution in [0.3, 0.4) is 0 Å². The quantitative estimate of drug-likeness (QED) is 0.798. The second-order valence-electron chi connectivity index (χ2n) is 6.00. The van der Waals surface area contributed by atoms with Crippen LogP contribution < -0.4 is 4.74 Å². The normalized spacial score (nSPS) is 18.3. The first kappa shape index (κ1) is 13.3. The van der Waals surface area contributed by atoms with Crippen molar-refractivity contribution in [3.05, 3.63) is 41.5 Å². The van der Waals surface area contributed by atoms with E-state index in [9.17, 15) is 9.59 Å². The summed E-state index contributed by atoms with van der Waals surface area (Å²) in [5.41, 5.74) is 1.03. The van der Waals surface area contributed by atoms with E-state index in [1.54, 1.807) is 13.2 Å². The van der Waals surface area contributed by atoms with Crippen LogP contribution in [0, 0.1) is 0 Å². The lowest BCUT2D eigenvalue weighted by atomic mass is 10.0. The summed E-state index contributed by atoms with van der Waals surface area (Å²) in [4.78, 5) is 26.8. The van der Waals surface area contributed by atoms with Crippen molar-refractivity contribution in [2.75, 3.05) is 7.11 Å². The lowest BCUT2D eigenvalue weighted by molar-refractivity contribution is 0.0588. The van der Waals surface area contributed by atoms with E-state index in [0.717, 1.165) is 42.2 Å². The predicted octanol–water partition coefficient (Wildman–Crippen LogP) is 3.39. The van der Waals surface area contributed by atoms with Crippen LogP contribution in [0.4, 0.5) is 0 Å². The van der Waals surface area contributed by atoms with E-state index in [4.69, 9.17) is 4.74 Å². The molecule has 2 amide bonds. The average Bonchev–Trinajstić information content (AvgIpc) is 3.13. The van der Waals surface area contributed by atoms with Crippen LogP contribution in [0.2, 0.25) is 0 Å². The zero-order chi connectivity index (χ0) is 15.3. The van der Waals surface area contributed by atoms with E-state index in [2.05, 4.69) is 0 Å². The molecule has 22 heavy (non-hydrogen) atoms. The molecular formula is C18H17NO3. The van der Waals surface area contributed by atoms with Gasteiger partial charge in [0.2, 0.25) is 0 Å². The number of carbonyl (C=O) groups excluding carboxylic acids is 2. The summed E-state index contributed by atoms with van der Waals surface area (Å²) in [6, 6.07) is 9.39. The molecule has 112 valence electrons. The molecule has 1 aliphatic carbocycles. The molecule has 4 nitrogen and oxygen atoms in total. The molecule has 2 aromatic rings. The van der Waals surface area contributed by atoms with Crippen LogP contribution in [-0.2, 0) is 0 Å². The van der Waals surface area contributed by atoms with E-state index in [0.29, 0.717) is 11.1 Å². The van der Waals surface area contributed by atoms with Crippen molar-refractivity contribution < 1.29 is 14.3 Å². The molecule has 0 spiro atoms. The first-order valence-corrected chi connectivity index (χ1v) is 7.69. The Morgan fingerprint density at radius 2 is 1.73 bits per heavy atom. The van der Waals surface area contributed by atoms with Gasteiger partial charge in [-0.2, -0.15) is 0 Å². The molecule has 2 aliphatic rings. The lowest BCUT2D eigenvalue weighted by Gasteiger charge is -2.21. The van der Waals surface area contributed by atoms with Gasteiger partial charge in [0.1, 0.15) is 5.75 Å². The SMILES string of the molecule is COc1cccc2cc3c(cc12)C(=O)N(C1CCCC1)C3=O. The molecular weight excluding hydrogens is 278 g/mol. The molecule has 1 fully saturated rings. The highest BCUT2D eigenvalue weighted by molar-refractivity contribution is 6.23. The monoisotopic (exact) mass is 295 g/mol. The number of carbonyl (C=O) groups is 2. The van der Waals surface area contributed by atoms with Crippen molar-refractivity contribution in [2.45, 2.75) is 31.7 Å². The summed E-state index contributed by atoms with van der Waals surface area (Å²) in [7, 11) is 1.61. The van der Waals surface area contributed by atoms with E-state index in [1.807, 2.05) is 24.3 Å². The van der Waals surface area contributed by atoms with Crippen molar-refractivity contribution in [3.8, 4) is 5.75 Å². The van der Waals surface area contributed by atoms with E-state index in [-0.39, 0.29) is 17.9 Å². The standard InChI is InChI=1S/C18H17NO3/c1-22-16-8-4-5-11-9-14-15(10-13(11)16)18(21)19(17(14)20)12-6-2-3-7-12/h4-5,8-10,12H,2-3,6-7H2,1H3. The smallest absolute Gasteiger partial charge is 0.261 e. The molecule has 1 saturated carbocycles. The van der Waals surface area contributed by atoms with E-state index < -0.39 is 0 Å². The number of hydrogen-bond acceptors (Lipinski definition) is 3. The summed E-state index contributed by atoms with van der Waals surface area (Å²) in [5.74, 6) is 0.427. The number of benzene rings is 2. The molecule has 0 atom stereocenters. The van der Waals surface area contributed by atoms with Gasteiger partial charge in [-0.05, 0) is 36.4 Å². The molecule has 0 unspecified atom stereocenters. The Kier molecular flexibility index (Phi) is 2.93. The minimum Gasteiger partial charge on any atom is -0.496 e. The molecule has 0 N–H and O–H groups in total. The van der Waals surface area contributed by atoms with E-state index in [1.165, 1.54) is 4.90 Å². The van der Waals surface area contributed by atoms with Gasteiger partial charge < -0.3 is 4.74 Å². The van der Waals surface area contributed by atoms with Crippen molar-refractivity contribution in [1.29, 1.82) is 0 Å². The van der Waals surface area contributed by atoms with Gasteiger partial charge in [-0.3, -0.25) is 14.5 Å². The summed E-state index contributed by atoms with van der Waals surface area (Å²) >= 11 is 0. The zero-order valence-electron chi connectivity index (χ0n) is 12.5. The number of methoxy groups -OCH3 is 1. The summed E-state index contributed by atoms with van der Waals surface area (Å²) < 4.78 is 5.37. The van der Waals surface area contributed by atoms with Gasteiger partial charge in [0, 0.05) is 11.4 Å². The fourth-order valence-electron chi connectivity index (χ4n) is 3.67. The third-order valence-corrected chi connectivity index (χ3v) is 4.79. The Morgan fingerprint density at radius 3 is 2.41 bits per heavy atom. The minimum absolute atomic E-state index is 0.0670. The highest BCUT2D eigenvalue weighted by Gasteiger charge is 2.41. The second-order valence-corrected chi connectivity index (χ2v) is 6.00. The Morgan fingerprint density at radius 1 is 1.05 bits per heavy atom. The average molecular weight is 295 g/mol. The lowest BCUT2D eigenvalue weighted by Crippen LogP contribution is -2.38. The molecule has 4 rings (SSSR count). The number of rotatable bonds is 2. The Hall–Kier alpha value is -2.36. The van der Waals surface area contributed by atoms with Gasteiger partial charge in [0.15, 0.2) is 0 Å². The van der Waals surface area contributed by atoms with Crippen LogP contribution in [0.25, 0.3) is 10.8 Å². The number of amides is 2. The molecule has 0 aromatic heterocycles. The van der Waals surface area contributed by atoms with Crippen LogP contribution in [-0.4, -0.2) is 29.9 Å². The van der Waals surface area contributed by atoms with Crippen LogP contribution in [0.15, 0.2) is 30.3 Å². The van der Waals surface area contributed by atoms with Crippen molar-refractivity contribution in [1.82, 2.24) is 4.90 Å². The maximum atomic E-state index is 12.7. The van der Waals surface area contributed by atoms with Gasteiger partial charge in [-0.15, -0.1) is 0 Å². The van der Waals surface area contributed by atoms with Crippen molar-refractivity contribution in [3.63, 3.8) is 0 Å². The Labute approximate surface area is 128 Å². The first-order valence-electron chi connectivity index (χ1n) is 7.69. The molecule has 0 saturated heterocycles. The van der Waals surface area contributed by atoms with E-state index >= 15 is 0 Å². The molecule has 1 aliphatic heterocycles. The molecule has 4 heteroatoms. The molecule has 1 heterocycles.